The van der Waals surface area contributed by atoms with E-state index in [1.807, 2.05) is 38.1 Å². The van der Waals surface area contributed by atoms with Gasteiger partial charge < -0.3 is 10.6 Å². The minimum absolute atomic E-state index is 0.141. The maximum atomic E-state index is 12.4. The number of aromatic nitrogens is 1. The van der Waals surface area contributed by atoms with Crippen LogP contribution in [0.2, 0.25) is 0 Å². The van der Waals surface area contributed by atoms with Crippen LogP contribution in [0.4, 0.5) is 11.4 Å². The molecule has 1 heterocycles. The zero-order valence-corrected chi connectivity index (χ0v) is 13.6. The quantitative estimate of drug-likeness (QED) is 0.871. The number of nitrogens with zero attached hydrogens (tertiary/aromatic N) is 1. The Morgan fingerprint density at radius 2 is 1.91 bits per heavy atom. The number of carbonyl (C=O) groups excluding carboxylic acids is 1. The molecular formula is C18H23N3O. The second-order valence-corrected chi connectivity index (χ2v) is 5.64. The lowest BCUT2D eigenvalue weighted by Gasteiger charge is -2.14. The summed E-state index contributed by atoms with van der Waals surface area (Å²) in [5.41, 5.74) is 4.39. The number of carbonyl (C=O) groups is 1. The molecule has 1 unspecified atom stereocenters. The molecule has 1 aromatic carbocycles. The number of amides is 1. The fourth-order valence-electron chi connectivity index (χ4n) is 2.23. The smallest absolute Gasteiger partial charge is 0.257 e. The van der Waals surface area contributed by atoms with Crippen LogP contribution >= 0.6 is 0 Å². The van der Waals surface area contributed by atoms with E-state index >= 15 is 0 Å². The van der Waals surface area contributed by atoms with E-state index in [2.05, 4.69) is 29.5 Å². The van der Waals surface area contributed by atoms with Gasteiger partial charge in [-0.25, -0.2) is 0 Å². The van der Waals surface area contributed by atoms with Gasteiger partial charge in [-0.2, -0.15) is 0 Å². The van der Waals surface area contributed by atoms with E-state index in [-0.39, 0.29) is 5.91 Å². The van der Waals surface area contributed by atoms with Crippen molar-refractivity contribution in [3.8, 4) is 0 Å². The molecule has 0 aliphatic rings. The molecule has 0 radical (unpaired) electrons. The molecule has 116 valence electrons. The first-order valence-corrected chi connectivity index (χ1v) is 7.60. The predicted molar refractivity (Wildman–Crippen MR) is 91.5 cm³/mol. The monoisotopic (exact) mass is 297 g/mol. The number of rotatable bonds is 5. The molecule has 2 N–H and O–H groups in total. The highest BCUT2D eigenvalue weighted by molar-refractivity contribution is 6.05. The van der Waals surface area contributed by atoms with Crippen LogP contribution in [-0.2, 0) is 0 Å². The fourth-order valence-corrected chi connectivity index (χ4v) is 2.23. The van der Waals surface area contributed by atoms with Gasteiger partial charge in [0.2, 0.25) is 0 Å². The van der Waals surface area contributed by atoms with Crippen molar-refractivity contribution in [2.45, 2.75) is 40.2 Å². The minimum Gasteiger partial charge on any atom is -0.381 e. The molecule has 0 saturated heterocycles. The number of nitrogens with one attached hydrogen (secondary N) is 2. The second kappa shape index (κ2) is 7.07. The van der Waals surface area contributed by atoms with Gasteiger partial charge in [0.25, 0.3) is 5.91 Å². The van der Waals surface area contributed by atoms with Gasteiger partial charge in [-0.3, -0.25) is 9.78 Å². The van der Waals surface area contributed by atoms with Crippen LogP contribution in [0.25, 0.3) is 0 Å². The number of aryl methyl sites for hydroxylation is 2. The first kappa shape index (κ1) is 16.0. The Balaban J connectivity index is 2.18. The molecule has 0 fully saturated rings. The standard InChI is InChI=1S/C18H23N3O/c1-5-14(4)20-16-9-15(10-19-11-16)18(22)21-17-12(2)7-6-8-13(17)3/h6-11,14,20H,5H2,1-4H3,(H,21,22). The SMILES string of the molecule is CCC(C)Nc1cncc(C(=O)Nc2c(C)cccc2C)c1. The lowest BCUT2D eigenvalue weighted by atomic mass is 10.1. The fraction of sp³-hybridized carbons (Fsp3) is 0.333. The van der Waals surface area contributed by atoms with Gasteiger partial charge in [0.05, 0.1) is 11.3 Å². The predicted octanol–water partition coefficient (Wildman–Crippen LogP) is 4.16. The molecule has 22 heavy (non-hydrogen) atoms. The van der Waals surface area contributed by atoms with Gasteiger partial charge >= 0.3 is 0 Å². The van der Waals surface area contributed by atoms with Crippen LogP contribution in [0.1, 0.15) is 41.8 Å². The molecule has 4 nitrogen and oxygen atoms in total. The van der Waals surface area contributed by atoms with Crippen LogP contribution in [0.15, 0.2) is 36.7 Å². The topological polar surface area (TPSA) is 54.0 Å². The largest absolute Gasteiger partial charge is 0.381 e. The van der Waals surface area contributed by atoms with Crippen molar-refractivity contribution in [2.24, 2.45) is 0 Å². The molecule has 1 amide bonds. The van der Waals surface area contributed by atoms with Crippen molar-refractivity contribution >= 4 is 17.3 Å². The molecule has 0 saturated carbocycles. The molecule has 0 aliphatic carbocycles. The Labute approximate surface area is 132 Å². The Morgan fingerprint density at radius 1 is 1.23 bits per heavy atom. The van der Waals surface area contributed by atoms with Crippen LogP contribution in [0.5, 0.6) is 0 Å². The third kappa shape index (κ3) is 3.85. The van der Waals surface area contributed by atoms with E-state index in [1.165, 1.54) is 0 Å². The summed E-state index contributed by atoms with van der Waals surface area (Å²) >= 11 is 0. The molecule has 2 rings (SSSR count). The first-order chi connectivity index (χ1) is 10.5. The van der Waals surface area contributed by atoms with Crippen molar-refractivity contribution in [3.05, 3.63) is 53.3 Å². The summed E-state index contributed by atoms with van der Waals surface area (Å²) in [6, 6.07) is 8.14. The number of hydrogen-bond acceptors (Lipinski definition) is 3. The molecule has 1 aromatic heterocycles. The van der Waals surface area contributed by atoms with E-state index in [0.29, 0.717) is 11.6 Å². The number of hydrogen-bond donors (Lipinski definition) is 2. The summed E-state index contributed by atoms with van der Waals surface area (Å²) in [5, 5.41) is 6.31. The lowest BCUT2D eigenvalue weighted by molar-refractivity contribution is 0.102. The zero-order chi connectivity index (χ0) is 16.1. The Bertz CT molecular complexity index is 647. The van der Waals surface area contributed by atoms with Crippen molar-refractivity contribution in [3.63, 3.8) is 0 Å². The molecule has 2 aromatic rings. The second-order valence-electron chi connectivity index (χ2n) is 5.64. The summed E-state index contributed by atoms with van der Waals surface area (Å²) in [5.74, 6) is -0.141. The maximum Gasteiger partial charge on any atom is 0.257 e. The minimum atomic E-state index is -0.141. The highest BCUT2D eigenvalue weighted by atomic mass is 16.1. The number of pyridine rings is 1. The van der Waals surface area contributed by atoms with Crippen LogP contribution in [0.3, 0.4) is 0 Å². The summed E-state index contributed by atoms with van der Waals surface area (Å²) in [6.45, 7) is 8.19. The van der Waals surface area contributed by atoms with E-state index in [9.17, 15) is 4.79 Å². The molecule has 1 atom stereocenters. The lowest BCUT2D eigenvalue weighted by Crippen LogP contribution is -2.16. The van der Waals surface area contributed by atoms with Crippen molar-refractivity contribution < 1.29 is 4.79 Å². The van der Waals surface area contributed by atoms with Gasteiger partial charge in [0.15, 0.2) is 0 Å². The van der Waals surface area contributed by atoms with Crippen molar-refractivity contribution in [1.82, 2.24) is 4.98 Å². The van der Waals surface area contributed by atoms with Gasteiger partial charge in [-0.15, -0.1) is 0 Å². The summed E-state index contributed by atoms with van der Waals surface area (Å²) < 4.78 is 0. The van der Waals surface area contributed by atoms with E-state index in [4.69, 9.17) is 0 Å². The third-order valence-corrected chi connectivity index (χ3v) is 3.75. The Morgan fingerprint density at radius 3 is 2.55 bits per heavy atom. The average Bonchev–Trinajstić information content (AvgIpc) is 2.51. The summed E-state index contributed by atoms with van der Waals surface area (Å²) in [4.78, 5) is 16.6. The molecule has 4 heteroatoms. The highest BCUT2D eigenvalue weighted by Gasteiger charge is 2.11. The number of para-hydroxylation sites is 1. The molecule has 0 bridgehead atoms. The van der Waals surface area contributed by atoms with Crippen LogP contribution in [-0.4, -0.2) is 16.9 Å². The molecular weight excluding hydrogens is 274 g/mol. The molecule has 0 spiro atoms. The number of benzene rings is 1. The maximum absolute atomic E-state index is 12.4. The molecule has 0 aliphatic heterocycles. The number of anilines is 2. The van der Waals surface area contributed by atoms with Crippen LogP contribution < -0.4 is 10.6 Å². The third-order valence-electron chi connectivity index (χ3n) is 3.75. The van der Waals surface area contributed by atoms with Gasteiger partial charge in [-0.05, 0) is 44.4 Å². The van der Waals surface area contributed by atoms with Crippen molar-refractivity contribution in [2.75, 3.05) is 10.6 Å². The van der Waals surface area contributed by atoms with E-state index in [0.717, 1.165) is 28.9 Å². The van der Waals surface area contributed by atoms with E-state index in [1.54, 1.807) is 12.4 Å². The Kier molecular flexibility index (Phi) is 5.15. The first-order valence-electron chi connectivity index (χ1n) is 7.60. The van der Waals surface area contributed by atoms with Gasteiger partial charge in [0.1, 0.15) is 0 Å². The summed E-state index contributed by atoms with van der Waals surface area (Å²) in [7, 11) is 0. The van der Waals surface area contributed by atoms with Crippen molar-refractivity contribution in [1.29, 1.82) is 0 Å². The van der Waals surface area contributed by atoms with E-state index < -0.39 is 0 Å². The van der Waals surface area contributed by atoms with Gasteiger partial charge in [0, 0.05) is 24.1 Å². The zero-order valence-electron chi connectivity index (χ0n) is 13.6. The highest BCUT2D eigenvalue weighted by Crippen LogP contribution is 2.20. The van der Waals surface area contributed by atoms with Gasteiger partial charge in [-0.1, -0.05) is 25.1 Å². The summed E-state index contributed by atoms with van der Waals surface area (Å²) in [6.07, 6.45) is 4.34. The normalized spacial score (nSPS) is 11.8. The average molecular weight is 297 g/mol. The Hall–Kier alpha value is -2.36. The van der Waals surface area contributed by atoms with Crippen LogP contribution in [0, 0.1) is 13.8 Å².